The summed E-state index contributed by atoms with van der Waals surface area (Å²) >= 11 is 0. The molecule has 27 heavy (non-hydrogen) atoms. The second-order valence-electron chi connectivity index (χ2n) is 7.49. The van der Waals surface area contributed by atoms with Crippen LogP contribution in [0.4, 0.5) is 0 Å². The summed E-state index contributed by atoms with van der Waals surface area (Å²) in [6, 6.07) is 19.8. The van der Waals surface area contributed by atoms with Gasteiger partial charge >= 0.3 is 0 Å². The Morgan fingerprint density at radius 3 is 2.81 bits per heavy atom. The van der Waals surface area contributed by atoms with Crippen molar-refractivity contribution >= 4 is 21.7 Å². The van der Waals surface area contributed by atoms with E-state index >= 15 is 0 Å². The van der Waals surface area contributed by atoms with E-state index in [0.717, 1.165) is 25.1 Å². The number of hydrogen-bond donors (Lipinski definition) is 2. The van der Waals surface area contributed by atoms with Crippen LogP contribution in [0.15, 0.2) is 54.6 Å². The lowest BCUT2D eigenvalue weighted by atomic mass is 9.92. The van der Waals surface area contributed by atoms with Crippen molar-refractivity contribution < 1.29 is 4.74 Å². The largest absolute Gasteiger partial charge is 0.496 e. The number of methoxy groups -OCH3 is 1. The third-order valence-corrected chi connectivity index (χ3v) is 5.83. The van der Waals surface area contributed by atoms with Gasteiger partial charge in [-0.15, -0.1) is 0 Å². The Kier molecular flexibility index (Phi) is 3.91. The summed E-state index contributed by atoms with van der Waals surface area (Å²) in [5.74, 6) is 0.967. The third kappa shape index (κ3) is 2.70. The maximum Gasteiger partial charge on any atom is 0.122 e. The first-order valence-corrected chi connectivity index (χ1v) is 9.63. The maximum atomic E-state index is 5.72. The van der Waals surface area contributed by atoms with Crippen molar-refractivity contribution in [3.63, 3.8) is 0 Å². The van der Waals surface area contributed by atoms with Gasteiger partial charge in [-0.1, -0.05) is 42.0 Å². The summed E-state index contributed by atoms with van der Waals surface area (Å²) in [5, 5.41) is 7.64. The molecule has 1 aromatic heterocycles. The van der Waals surface area contributed by atoms with E-state index < -0.39 is 0 Å². The molecule has 2 heterocycles. The van der Waals surface area contributed by atoms with Gasteiger partial charge in [0.1, 0.15) is 5.75 Å². The summed E-state index contributed by atoms with van der Waals surface area (Å²) in [6.07, 6.45) is 1.98. The molecular formula is C24H24N2O. The van der Waals surface area contributed by atoms with Crippen LogP contribution in [0.2, 0.25) is 0 Å². The highest BCUT2D eigenvalue weighted by atomic mass is 16.5. The van der Waals surface area contributed by atoms with Crippen molar-refractivity contribution in [3.05, 3.63) is 77.0 Å². The fourth-order valence-corrected chi connectivity index (χ4v) is 4.52. The molecule has 136 valence electrons. The minimum absolute atomic E-state index is 0.265. The van der Waals surface area contributed by atoms with Gasteiger partial charge in [0.15, 0.2) is 0 Å². The number of benzene rings is 3. The molecule has 1 aliphatic heterocycles. The number of ether oxygens (including phenoxy) is 1. The monoisotopic (exact) mass is 356 g/mol. The summed E-state index contributed by atoms with van der Waals surface area (Å²) in [5.41, 5.74) is 6.63. The Balaban J connectivity index is 1.62. The van der Waals surface area contributed by atoms with E-state index in [9.17, 15) is 0 Å². The molecule has 0 amide bonds. The zero-order chi connectivity index (χ0) is 18.4. The van der Waals surface area contributed by atoms with E-state index in [4.69, 9.17) is 4.74 Å². The molecule has 0 saturated heterocycles. The maximum absolute atomic E-state index is 5.72. The van der Waals surface area contributed by atoms with Crippen molar-refractivity contribution in [2.24, 2.45) is 0 Å². The molecule has 0 radical (unpaired) electrons. The molecule has 1 atom stereocenters. The second-order valence-corrected chi connectivity index (χ2v) is 7.49. The topological polar surface area (TPSA) is 37.0 Å². The van der Waals surface area contributed by atoms with E-state index in [1.165, 1.54) is 44.1 Å². The number of hydrogen-bond acceptors (Lipinski definition) is 2. The minimum Gasteiger partial charge on any atom is -0.496 e. The molecule has 0 aliphatic carbocycles. The van der Waals surface area contributed by atoms with Crippen molar-refractivity contribution in [2.45, 2.75) is 25.8 Å². The summed E-state index contributed by atoms with van der Waals surface area (Å²) in [6.45, 7) is 3.17. The molecule has 1 aliphatic rings. The standard InChI is InChI=1S/C24H24N2O/c1-15-7-9-21-19(13-15)18-11-12-25-22(24(18)26-21)14-20-17-6-4-3-5-16(17)8-10-23(20)27-2/h3-10,13,22,25-26H,11-12,14H2,1-2H3. The Morgan fingerprint density at radius 1 is 1.04 bits per heavy atom. The summed E-state index contributed by atoms with van der Waals surface area (Å²) in [7, 11) is 1.76. The van der Waals surface area contributed by atoms with Crippen LogP contribution in [0.25, 0.3) is 21.7 Å². The number of aromatic nitrogens is 1. The van der Waals surface area contributed by atoms with Gasteiger partial charge in [0.05, 0.1) is 13.2 Å². The molecule has 0 saturated carbocycles. The number of aromatic amines is 1. The average molecular weight is 356 g/mol. The van der Waals surface area contributed by atoms with Gasteiger partial charge in [-0.25, -0.2) is 0 Å². The highest BCUT2D eigenvalue weighted by Crippen LogP contribution is 2.36. The fraction of sp³-hybridized carbons (Fsp3) is 0.250. The van der Waals surface area contributed by atoms with Crippen LogP contribution < -0.4 is 10.1 Å². The second kappa shape index (κ2) is 6.43. The van der Waals surface area contributed by atoms with E-state index in [2.05, 4.69) is 71.8 Å². The van der Waals surface area contributed by atoms with Gasteiger partial charge in [-0.2, -0.15) is 0 Å². The molecule has 3 aromatic carbocycles. The first-order valence-electron chi connectivity index (χ1n) is 9.63. The molecule has 1 unspecified atom stereocenters. The minimum atomic E-state index is 0.265. The molecule has 5 rings (SSSR count). The lowest BCUT2D eigenvalue weighted by molar-refractivity contribution is 0.404. The van der Waals surface area contributed by atoms with E-state index in [1.807, 2.05) is 0 Å². The first kappa shape index (κ1) is 16.4. The Bertz CT molecular complexity index is 1140. The fourth-order valence-electron chi connectivity index (χ4n) is 4.52. The number of aryl methyl sites for hydroxylation is 1. The molecule has 2 N–H and O–H groups in total. The number of nitrogens with one attached hydrogen (secondary N) is 2. The van der Waals surface area contributed by atoms with Gasteiger partial charge in [-0.3, -0.25) is 0 Å². The van der Waals surface area contributed by atoms with Gasteiger partial charge in [0.25, 0.3) is 0 Å². The quantitative estimate of drug-likeness (QED) is 0.538. The molecule has 0 spiro atoms. The Labute approximate surface area is 159 Å². The van der Waals surface area contributed by atoms with Crippen molar-refractivity contribution in [2.75, 3.05) is 13.7 Å². The predicted octanol–water partition coefficient (Wildman–Crippen LogP) is 5.07. The Morgan fingerprint density at radius 2 is 1.93 bits per heavy atom. The van der Waals surface area contributed by atoms with Crippen LogP contribution in [0, 0.1) is 6.92 Å². The molecule has 0 fully saturated rings. The van der Waals surface area contributed by atoms with E-state index in [-0.39, 0.29) is 6.04 Å². The van der Waals surface area contributed by atoms with E-state index in [1.54, 1.807) is 7.11 Å². The third-order valence-electron chi connectivity index (χ3n) is 5.83. The SMILES string of the molecule is COc1ccc2ccccc2c1CC1NCCc2c1[nH]c1ccc(C)cc21. The molecule has 4 aromatic rings. The first-order chi connectivity index (χ1) is 13.2. The normalized spacial score (nSPS) is 16.6. The number of H-pyrrole nitrogens is 1. The van der Waals surface area contributed by atoms with Crippen LogP contribution in [0.5, 0.6) is 5.75 Å². The summed E-state index contributed by atoms with van der Waals surface area (Å²) in [4.78, 5) is 3.70. The number of fused-ring (bicyclic) bond motifs is 4. The highest BCUT2D eigenvalue weighted by Gasteiger charge is 2.25. The lowest BCUT2D eigenvalue weighted by Crippen LogP contribution is -2.31. The molecule has 3 nitrogen and oxygen atoms in total. The zero-order valence-corrected chi connectivity index (χ0v) is 15.8. The van der Waals surface area contributed by atoms with Crippen LogP contribution in [0.1, 0.15) is 28.4 Å². The van der Waals surface area contributed by atoms with Gasteiger partial charge < -0.3 is 15.0 Å². The van der Waals surface area contributed by atoms with Crippen LogP contribution >= 0.6 is 0 Å². The van der Waals surface area contributed by atoms with Crippen molar-refractivity contribution in [1.82, 2.24) is 10.3 Å². The summed E-state index contributed by atoms with van der Waals surface area (Å²) < 4.78 is 5.72. The predicted molar refractivity (Wildman–Crippen MR) is 112 cm³/mol. The highest BCUT2D eigenvalue weighted by molar-refractivity contribution is 5.88. The van der Waals surface area contributed by atoms with Gasteiger partial charge in [0.2, 0.25) is 0 Å². The van der Waals surface area contributed by atoms with Crippen LogP contribution in [0.3, 0.4) is 0 Å². The van der Waals surface area contributed by atoms with Gasteiger partial charge in [-0.05, 0) is 60.8 Å². The van der Waals surface area contributed by atoms with E-state index in [0.29, 0.717) is 0 Å². The van der Waals surface area contributed by atoms with Gasteiger partial charge in [0, 0.05) is 22.2 Å². The van der Waals surface area contributed by atoms with Crippen LogP contribution in [-0.2, 0) is 12.8 Å². The smallest absolute Gasteiger partial charge is 0.122 e. The molecule has 3 heteroatoms. The number of rotatable bonds is 3. The zero-order valence-electron chi connectivity index (χ0n) is 15.8. The lowest BCUT2D eigenvalue weighted by Gasteiger charge is -2.26. The Hall–Kier alpha value is -2.78. The molecule has 0 bridgehead atoms. The molecular weight excluding hydrogens is 332 g/mol. The average Bonchev–Trinajstić information content (AvgIpc) is 3.07. The van der Waals surface area contributed by atoms with Crippen molar-refractivity contribution in [1.29, 1.82) is 0 Å². The van der Waals surface area contributed by atoms with Crippen LogP contribution in [-0.4, -0.2) is 18.6 Å². The van der Waals surface area contributed by atoms with Crippen molar-refractivity contribution in [3.8, 4) is 5.75 Å².